The molecule has 0 aliphatic heterocycles. The number of hydrogen-bond donors (Lipinski definition) is 1. The average Bonchev–Trinajstić information content (AvgIpc) is 2.74. The van der Waals surface area contributed by atoms with E-state index in [0.717, 1.165) is 11.3 Å². The predicted octanol–water partition coefficient (Wildman–Crippen LogP) is 0.437. The van der Waals surface area contributed by atoms with Crippen LogP contribution in [-0.2, 0) is 13.6 Å². The topological polar surface area (TPSA) is 72.9 Å². The zero-order chi connectivity index (χ0) is 11.5. The van der Waals surface area contributed by atoms with Gasteiger partial charge in [0, 0.05) is 26.3 Å². The minimum absolute atomic E-state index is 0.492. The molecule has 0 saturated carbocycles. The summed E-state index contributed by atoms with van der Waals surface area (Å²) in [7, 11) is 3.72. The van der Waals surface area contributed by atoms with Gasteiger partial charge in [0.2, 0.25) is 5.95 Å². The second-order valence-corrected chi connectivity index (χ2v) is 3.49. The molecule has 0 unspecified atom stereocenters. The van der Waals surface area contributed by atoms with Gasteiger partial charge in [-0.05, 0) is 22.1 Å². The molecule has 16 heavy (non-hydrogen) atoms. The van der Waals surface area contributed by atoms with E-state index < -0.39 is 0 Å². The molecule has 0 atom stereocenters. The van der Waals surface area contributed by atoms with Crippen LogP contribution >= 0.6 is 0 Å². The molecular formula is C10H14N6. The molecule has 2 N–H and O–H groups in total. The van der Waals surface area contributed by atoms with E-state index in [1.54, 1.807) is 11.7 Å². The number of anilines is 2. The SMILES string of the molecule is CN(c1ccccc1CN)c1nnnn1C. The molecule has 2 rings (SSSR count). The number of rotatable bonds is 3. The van der Waals surface area contributed by atoms with Gasteiger partial charge in [0.1, 0.15) is 0 Å². The van der Waals surface area contributed by atoms with Crippen LogP contribution in [0.25, 0.3) is 0 Å². The van der Waals surface area contributed by atoms with Crippen LogP contribution in [0.5, 0.6) is 0 Å². The number of aryl methyl sites for hydroxylation is 1. The Morgan fingerprint density at radius 3 is 2.75 bits per heavy atom. The molecule has 0 aliphatic carbocycles. The Kier molecular flexibility index (Phi) is 2.82. The molecule has 6 nitrogen and oxygen atoms in total. The second-order valence-electron chi connectivity index (χ2n) is 3.49. The smallest absolute Gasteiger partial charge is 0.249 e. The average molecular weight is 218 g/mol. The number of tetrazole rings is 1. The molecule has 84 valence electrons. The van der Waals surface area contributed by atoms with Crippen molar-refractivity contribution in [1.82, 2.24) is 20.2 Å². The largest absolute Gasteiger partial charge is 0.326 e. The first-order valence-electron chi connectivity index (χ1n) is 4.98. The van der Waals surface area contributed by atoms with Crippen molar-refractivity contribution in [2.75, 3.05) is 11.9 Å². The van der Waals surface area contributed by atoms with Gasteiger partial charge < -0.3 is 10.6 Å². The Morgan fingerprint density at radius 1 is 1.38 bits per heavy atom. The summed E-state index contributed by atoms with van der Waals surface area (Å²) in [6.07, 6.45) is 0. The van der Waals surface area contributed by atoms with Gasteiger partial charge in [-0.2, -0.15) is 0 Å². The first kappa shape index (κ1) is 10.6. The second kappa shape index (κ2) is 4.28. The molecule has 1 aromatic heterocycles. The van der Waals surface area contributed by atoms with Crippen molar-refractivity contribution in [2.45, 2.75) is 6.54 Å². The molecular weight excluding hydrogens is 204 g/mol. The lowest BCUT2D eigenvalue weighted by molar-refractivity contribution is 0.708. The number of nitrogens with two attached hydrogens (primary N) is 1. The highest BCUT2D eigenvalue weighted by molar-refractivity contribution is 5.60. The molecule has 6 heteroatoms. The summed E-state index contributed by atoms with van der Waals surface area (Å²) in [6, 6.07) is 7.93. The van der Waals surface area contributed by atoms with Crippen LogP contribution in [0.1, 0.15) is 5.56 Å². The molecule has 0 saturated heterocycles. The highest BCUT2D eigenvalue weighted by Crippen LogP contribution is 2.23. The third-order valence-corrected chi connectivity index (χ3v) is 2.47. The molecule has 0 fully saturated rings. The van der Waals surface area contributed by atoms with E-state index in [4.69, 9.17) is 5.73 Å². The lowest BCUT2D eigenvalue weighted by Gasteiger charge is -2.19. The fraction of sp³-hybridized carbons (Fsp3) is 0.300. The molecule has 0 radical (unpaired) electrons. The van der Waals surface area contributed by atoms with E-state index in [0.29, 0.717) is 12.5 Å². The molecule has 1 aromatic carbocycles. The van der Waals surface area contributed by atoms with Gasteiger partial charge >= 0.3 is 0 Å². The van der Waals surface area contributed by atoms with Crippen molar-refractivity contribution in [2.24, 2.45) is 12.8 Å². The Bertz CT molecular complexity index is 478. The lowest BCUT2D eigenvalue weighted by atomic mass is 10.1. The van der Waals surface area contributed by atoms with Gasteiger partial charge in [0.15, 0.2) is 0 Å². The van der Waals surface area contributed by atoms with E-state index in [1.165, 1.54) is 0 Å². The van der Waals surface area contributed by atoms with Gasteiger partial charge in [-0.3, -0.25) is 0 Å². The third kappa shape index (κ3) is 1.74. The van der Waals surface area contributed by atoms with Gasteiger partial charge in [-0.25, -0.2) is 4.68 Å². The van der Waals surface area contributed by atoms with E-state index in [2.05, 4.69) is 15.5 Å². The maximum absolute atomic E-state index is 5.69. The zero-order valence-corrected chi connectivity index (χ0v) is 9.33. The van der Waals surface area contributed by atoms with Crippen molar-refractivity contribution in [1.29, 1.82) is 0 Å². The molecule has 0 bridgehead atoms. The van der Waals surface area contributed by atoms with Crippen molar-refractivity contribution in [3.8, 4) is 0 Å². The van der Waals surface area contributed by atoms with E-state index in [-0.39, 0.29) is 0 Å². The zero-order valence-electron chi connectivity index (χ0n) is 9.33. The van der Waals surface area contributed by atoms with Crippen LogP contribution in [0, 0.1) is 0 Å². The minimum atomic E-state index is 0.492. The predicted molar refractivity (Wildman–Crippen MR) is 61.2 cm³/mol. The fourth-order valence-electron chi connectivity index (χ4n) is 1.63. The lowest BCUT2D eigenvalue weighted by Crippen LogP contribution is -2.17. The van der Waals surface area contributed by atoms with Crippen LogP contribution in [0.2, 0.25) is 0 Å². The normalized spacial score (nSPS) is 10.4. The summed E-state index contributed by atoms with van der Waals surface area (Å²) in [4.78, 5) is 1.92. The fourth-order valence-corrected chi connectivity index (χ4v) is 1.63. The summed E-state index contributed by atoms with van der Waals surface area (Å²) in [5.74, 6) is 0.681. The van der Waals surface area contributed by atoms with Gasteiger partial charge in [0.05, 0.1) is 0 Å². The van der Waals surface area contributed by atoms with Crippen molar-refractivity contribution in [3.05, 3.63) is 29.8 Å². The van der Waals surface area contributed by atoms with E-state index in [1.807, 2.05) is 36.2 Å². The monoisotopic (exact) mass is 218 g/mol. The summed E-state index contributed by atoms with van der Waals surface area (Å²) in [5, 5.41) is 11.4. The van der Waals surface area contributed by atoms with Crippen LogP contribution in [0.3, 0.4) is 0 Å². The molecule has 1 heterocycles. The minimum Gasteiger partial charge on any atom is -0.326 e. The maximum atomic E-state index is 5.69. The highest BCUT2D eigenvalue weighted by Gasteiger charge is 2.12. The third-order valence-electron chi connectivity index (χ3n) is 2.47. The van der Waals surface area contributed by atoms with E-state index in [9.17, 15) is 0 Å². The van der Waals surface area contributed by atoms with Crippen LogP contribution < -0.4 is 10.6 Å². The number of benzene rings is 1. The summed E-state index contributed by atoms with van der Waals surface area (Å²) in [6.45, 7) is 0.492. The van der Waals surface area contributed by atoms with Gasteiger partial charge in [0.25, 0.3) is 0 Å². The maximum Gasteiger partial charge on any atom is 0.249 e. The van der Waals surface area contributed by atoms with Crippen LogP contribution in [-0.4, -0.2) is 27.3 Å². The number of hydrogen-bond acceptors (Lipinski definition) is 5. The Morgan fingerprint density at radius 2 is 2.12 bits per heavy atom. The van der Waals surface area contributed by atoms with Crippen LogP contribution in [0.15, 0.2) is 24.3 Å². The quantitative estimate of drug-likeness (QED) is 0.809. The first-order chi connectivity index (χ1) is 7.74. The van der Waals surface area contributed by atoms with Crippen molar-refractivity contribution < 1.29 is 0 Å². The number of aromatic nitrogens is 4. The number of para-hydroxylation sites is 1. The Hall–Kier alpha value is -1.95. The van der Waals surface area contributed by atoms with Crippen molar-refractivity contribution in [3.63, 3.8) is 0 Å². The summed E-state index contributed by atoms with van der Waals surface area (Å²) < 4.78 is 1.62. The molecule has 0 spiro atoms. The van der Waals surface area contributed by atoms with Crippen LogP contribution in [0.4, 0.5) is 11.6 Å². The summed E-state index contributed by atoms with van der Waals surface area (Å²) >= 11 is 0. The summed E-state index contributed by atoms with van der Waals surface area (Å²) in [5.41, 5.74) is 7.77. The molecule has 0 amide bonds. The van der Waals surface area contributed by atoms with Crippen molar-refractivity contribution >= 4 is 11.6 Å². The Labute approximate surface area is 93.7 Å². The molecule has 2 aromatic rings. The standard InChI is InChI=1S/C10H14N6/c1-15(10-12-13-14-16(10)2)9-6-4-3-5-8(9)7-11/h3-6H,7,11H2,1-2H3. The van der Waals surface area contributed by atoms with Gasteiger partial charge in [-0.15, -0.1) is 0 Å². The number of nitrogens with zero attached hydrogens (tertiary/aromatic N) is 5. The highest BCUT2D eigenvalue weighted by atomic mass is 15.6. The van der Waals surface area contributed by atoms with E-state index >= 15 is 0 Å². The molecule has 0 aliphatic rings. The van der Waals surface area contributed by atoms with Gasteiger partial charge in [-0.1, -0.05) is 23.3 Å². The first-order valence-corrected chi connectivity index (χ1v) is 4.98. The Balaban J connectivity index is 2.41.